The lowest BCUT2D eigenvalue weighted by Gasteiger charge is -2.16. The summed E-state index contributed by atoms with van der Waals surface area (Å²) in [6, 6.07) is 11.6. The first-order valence-electron chi connectivity index (χ1n) is 7.40. The summed E-state index contributed by atoms with van der Waals surface area (Å²) in [7, 11) is 0. The zero-order valence-corrected chi connectivity index (χ0v) is 11.1. The van der Waals surface area contributed by atoms with E-state index in [1.165, 1.54) is 50.9 Å². The Morgan fingerprint density at radius 2 is 1.94 bits per heavy atom. The van der Waals surface area contributed by atoms with Gasteiger partial charge in [-0.2, -0.15) is 0 Å². The van der Waals surface area contributed by atoms with Crippen LogP contribution in [0.2, 0.25) is 0 Å². The van der Waals surface area contributed by atoms with Crippen molar-refractivity contribution in [2.45, 2.75) is 38.3 Å². The van der Waals surface area contributed by atoms with E-state index in [1.54, 1.807) is 0 Å². The van der Waals surface area contributed by atoms with Crippen molar-refractivity contribution in [3.05, 3.63) is 35.9 Å². The highest BCUT2D eigenvalue weighted by Crippen LogP contribution is 2.31. The van der Waals surface area contributed by atoms with E-state index in [0.29, 0.717) is 0 Å². The van der Waals surface area contributed by atoms with Crippen molar-refractivity contribution in [3.63, 3.8) is 0 Å². The highest BCUT2D eigenvalue weighted by Gasteiger charge is 2.24. The molecule has 1 aromatic carbocycles. The summed E-state index contributed by atoms with van der Waals surface area (Å²) in [6.45, 7) is 4.81. The third-order valence-corrected chi connectivity index (χ3v) is 4.20. The maximum absolute atomic E-state index is 3.73. The van der Waals surface area contributed by atoms with Gasteiger partial charge in [0.05, 0.1) is 0 Å². The van der Waals surface area contributed by atoms with Crippen LogP contribution in [0.25, 0.3) is 0 Å². The number of hydrogen-bond acceptors (Lipinski definition) is 2. The summed E-state index contributed by atoms with van der Waals surface area (Å²) >= 11 is 0. The van der Waals surface area contributed by atoms with E-state index in [4.69, 9.17) is 0 Å². The molecule has 98 valence electrons. The van der Waals surface area contributed by atoms with Gasteiger partial charge in [-0.05, 0) is 30.9 Å². The maximum Gasteiger partial charge on any atom is 0.0234 e. The van der Waals surface area contributed by atoms with Crippen LogP contribution in [-0.4, -0.2) is 30.6 Å². The summed E-state index contributed by atoms with van der Waals surface area (Å²) in [6.07, 6.45) is 5.67. The molecule has 1 atom stereocenters. The predicted octanol–water partition coefficient (Wildman–Crippen LogP) is 2.65. The largest absolute Gasteiger partial charge is 0.313 e. The number of likely N-dealkylation sites (tertiary alicyclic amines) is 1. The molecule has 1 aromatic rings. The Balaban J connectivity index is 1.38. The second-order valence-corrected chi connectivity index (χ2v) is 5.89. The molecule has 0 radical (unpaired) electrons. The van der Waals surface area contributed by atoms with E-state index < -0.39 is 0 Å². The highest BCUT2D eigenvalue weighted by molar-refractivity contribution is 5.14. The molecule has 2 nitrogen and oxygen atoms in total. The molecule has 1 unspecified atom stereocenters. The van der Waals surface area contributed by atoms with Crippen LogP contribution in [0.3, 0.4) is 0 Å². The van der Waals surface area contributed by atoms with Gasteiger partial charge in [0.15, 0.2) is 0 Å². The molecule has 2 aliphatic rings. The zero-order valence-electron chi connectivity index (χ0n) is 11.1. The number of nitrogens with zero attached hydrogens (tertiary/aromatic N) is 1. The fourth-order valence-electron chi connectivity index (χ4n) is 2.88. The molecular weight excluding hydrogens is 220 g/mol. The molecule has 1 aliphatic carbocycles. The van der Waals surface area contributed by atoms with Gasteiger partial charge in [-0.3, -0.25) is 4.90 Å². The molecule has 3 rings (SSSR count). The smallest absolute Gasteiger partial charge is 0.0234 e. The van der Waals surface area contributed by atoms with Crippen LogP contribution < -0.4 is 5.32 Å². The van der Waals surface area contributed by atoms with Crippen LogP contribution >= 0.6 is 0 Å². The second kappa shape index (κ2) is 5.85. The Hall–Kier alpha value is -0.860. The standard InChI is InChI=1S/C16H24N2/c1-2-4-15(5-3-1)12-18-11-9-16(13-18)17-10-8-14-6-7-14/h1-5,14,16-17H,6-13H2. The first-order chi connectivity index (χ1) is 8.90. The average molecular weight is 244 g/mol. The number of hydrogen-bond donors (Lipinski definition) is 1. The van der Waals surface area contributed by atoms with Gasteiger partial charge in [-0.1, -0.05) is 43.2 Å². The van der Waals surface area contributed by atoms with Gasteiger partial charge in [0, 0.05) is 25.7 Å². The van der Waals surface area contributed by atoms with Crippen molar-refractivity contribution in [2.24, 2.45) is 5.92 Å². The van der Waals surface area contributed by atoms with Crippen molar-refractivity contribution in [2.75, 3.05) is 19.6 Å². The van der Waals surface area contributed by atoms with Gasteiger partial charge >= 0.3 is 0 Å². The highest BCUT2D eigenvalue weighted by atomic mass is 15.2. The van der Waals surface area contributed by atoms with Crippen molar-refractivity contribution in [1.82, 2.24) is 10.2 Å². The molecule has 1 saturated carbocycles. The average Bonchev–Trinajstić information content (AvgIpc) is 3.11. The Kier molecular flexibility index (Phi) is 3.96. The van der Waals surface area contributed by atoms with Gasteiger partial charge < -0.3 is 5.32 Å². The van der Waals surface area contributed by atoms with E-state index in [2.05, 4.69) is 40.5 Å². The first kappa shape index (κ1) is 12.2. The molecule has 1 aliphatic heterocycles. The van der Waals surface area contributed by atoms with Crippen LogP contribution in [0.4, 0.5) is 0 Å². The van der Waals surface area contributed by atoms with Crippen LogP contribution in [-0.2, 0) is 6.54 Å². The van der Waals surface area contributed by atoms with E-state index in [-0.39, 0.29) is 0 Å². The SMILES string of the molecule is c1ccc(CN2CCC(NCCC3CC3)C2)cc1. The van der Waals surface area contributed by atoms with E-state index in [0.717, 1.165) is 18.5 Å². The van der Waals surface area contributed by atoms with Crippen LogP contribution in [0, 0.1) is 5.92 Å². The molecule has 18 heavy (non-hydrogen) atoms. The van der Waals surface area contributed by atoms with E-state index in [9.17, 15) is 0 Å². The van der Waals surface area contributed by atoms with Crippen molar-refractivity contribution < 1.29 is 0 Å². The molecule has 2 fully saturated rings. The molecular formula is C16H24N2. The van der Waals surface area contributed by atoms with Gasteiger partial charge in [-0.15, -0.1) is 0 Å². The van der Waals surface area contributed by atoms with Crippen LogP contribution in [0.1, 0.15) is 31.2 Å². The second-order valence-electron chi connectivity index (χ2n) is 5.89. The Morgan fingerprint density at radius 1 is 1.11 bits per heavy atom. The lowest BCUT2D eigenvalue weighted by atomic mass is 10.2. The topological polar surface area (TPSA) is 15.3 Å². The van der Waals surface area contributed by atoms with Gasteiger partial charge in [0.2, 0.25) is 0 Å². The Morgan fingerprint density at radius 3 is 2.72 bits per heavy atom. The van der Waals surface area contributed by atoms with Gasteiger partial charge in [0.25, 0.3) is 0 Å². The fraction of sp³-hybridized carbons (Fsp3) is 0.625. The van der Waals surface area contributed by atoms with E-state index in [1.807, 2.05) is 0 Å². The number of benzene rings is 1. The quantitative estimate of drug-likeness (QED) is 0.827. The fourth-order valence-corrected chi connectivity index (χ4v) is 2.88. The van der Waals surface area contributed by atoms with Gasteiger partial charge in [-0.25, -0.2) is 0 Å². The minimum atomic E-state index is 0.729. The minimum Gasteiger partial charge on any atom is -0.313 e. The molecule has 0 aromatic heterocycles. The lowest BCUT2D eigenvalue weighted by molar-refractivity contribution is 0.319. The summed E-state index contributed by atoms with van der Waals surface area (Å²) in [5.74, 6) is 1.05. The minimum absolute atomic E-state index is 0.729. The molecule has 0 bridgehead atoms. The maximum atomic E-state index is 3.73. The summed E-state index contributed by atoms with van der Waals surface area (Å²) < 4.78 is 0. The monoisotopic (exact) mass is 244 g/mol. The molecule has 1 heterocycles. The van der Waals surface area contributed by atoms with Crippen LogP contribution in [0.15, 0.2) is 30.3 Å². The number of rotatable bonds is 6. The van der Waals surface area contributed by atoms with E-state index >= 15 is 0 Å². The molecule has 1 saturated heterocycles. The molecule has 0 amide bonds. The molecule has 0 spiro atoms. The summed E-state index contributed by atoms with van der Waals surface area (Å²) in [5, 5.41) is 3.73. The third-order valence-electron chi connectivity index (χ3n) is 4.20. The van der Waals surface area contributed by atoms with Crippen molar-refractivity contribution in [3.8, 4) is 0 Å². The normalized spacial score (nSPS) is 24.6. The zero-order chi connectivity index (χ0) is 12.2. The Labute approximate surface area is 110 Å². The summed E-state index contributed by atoms with van der Waals surface area (Å²) in [4.78, 5) is 2.57. The van der Waals surface area contributed by atoms with Crippen molar-refractivity contribution >= 4 is 0 Å². The Bertz CT molecular complexity index is 359. The first-order valence-corrected chi connectivity index (χ1v) is 7.40. The molecule has 2 heteroatoms. The van der Waals surface area contributed by atoms with Crippen LogP contribution in [0.5, 0.6) is 0 Å². The number of nitrogens with one attached hydrogen (secondary N) is 1. The summed E-state index contributed by atoms with van der Waals surface area (Å²) in [5.41, 5.74) is 1.44. The molecule has 1 N–H and O–H groups in total. The third kappa shape index (κ3) is 3.56. The van der Waals surface area contributed by atoms with Crippen molar-refractivity contribution in [1.29, 1.82) is 0 Å². The van der Waals surface area contributed by atoms with Gasteiger partial charge in [0.1, 0.15) is 0 Å². The lowest BCUT2D eigenvalue weighted by Crippen LogP contribution is -2.33. The predicted molar refractivity (Wildman–Crippen MR) is 75.5 cm³/mol.